The van der Waals surface area contributed by atoms with Gasteiger partial charge in [-0.05, 0) is 55.5 Å². The molecule has 1 aromatic heterocycles. The van der Waals surface area contributed by atoms with Crippen LogP contribution in [0.5, 0.6) is 5.75 Å². The number of hydrogen-bond donors (Lipinski definition) is 0. The fourth-order valence-electron chi connectivity index (χ4n) is 3.76. The van der Waals surface area contributed by atoms with E-state index in [0.29, 0.717) is 23.1 Å². The summed E-state index contributed by atoms with van der Waals surface area (Å²) >= 11 is 0. The maximum Gasteiger partial charge on any atom is 0.374 e. The Hall–Kier alpha value is -4.12. The van der Waals surface area contributed by atoms with E-state index in [4.69, 9.17) is 13.9 Å². The minimum Gasteiger partial charge on any atom is -0.494 e. The first-order valence-electron chi connectivity index (χ1n) is 11.8. The molecule has 5 nitrogen and oxygen atoms in total. The highest BCUT2D eigenvalue weighted by Gasteiger charge is 2.14. The van der Waals surface area contributed by atoms with Crippen molar-refractivity contribution in [1.82, 2.24) is 0 Å². The van der Waals surface area contributed by atoms with Crippen molar-refractivity contribution in [3.05, 3.63) is 112 Å². The number of unbranched alkanes of at least 4 members (excludes halogenated alkanes) is 1. The molecule has 0 amide bonds. The second-order valence-corrected chi connectivity index (χ2v) is 8.11. The van der Waals surface area contributed by atoms with E-state index in [1.807, 2.05) is 48.6 Å². The van der Waals surface area contributed by atoms with Crippen LogP contribution in [0.1, 0.15) is 47.0 Å². The van der Waals surface area contributed by atoms with Crippen molar-refractivity contribution in [3.8, 4) is 5.75 Å². The number of aryl methyl sites for hydroxylation is 1. The Morgan fingerprint density at radius 3 is 2.49 bits per heavy atom. The van der Waals surface area contributed by atoms with Gasteiger partial charge in [0.25, 0.3) is 0 Å². The lowest BCUT2D eigenvalue weighted by atomic mass is 10.1. The number of carbonyl (C=O) groups excluding carboxylic acids is 1. The van der Waals surface area contributed by atoms with E-state index in [2.05, 4.69) is 24.3 Å². The Labute approximate surface area is 204 Å². The van der Waals surface area contributed by atoms with E-state index < -0.39 is 5.97 Å². The average molecular weight is 469 g/mol. The highest BCUT2D eigenvalue weighted by Crippen LogP contribution is 2.21. The minimum atomic E-state index is -0.652. The molecule has 35 heavy (non-hydrogen) atoms. The van der Waals surface area contributed by atoms with Gasteiger partial charge in [0.2, 0.25) is 5.76 Å². The van der Waals surface area contributed by atoms with Crippen molar-refractivity contribution in [3.63, 3.8) is 0 Å². The zero-order valence-electron chi connectivity index (χ0n) is 19.7. The van der Waals surface area contributed by atoms with Gasteiger partial charge in [0.15, 0.2) is 5.43 Å². The molecule has 0 radical (unpaired) electrons. The van der Waals surface area contributed by atoms with Crippen LogP contribution in [0.25, 0.3) is 23.1 Å². The number of rotatable bonds is 10. The summed E-state index contributed by atoms with van der Waals surface area (Å²) in [6.45, 7) is 2.59. The molecule has 4 rings (SSSR count). The fourth-order valence-corrected chi connectivity index (χ4v) is 3.76. The Bertz CT molecular complexity index is 1350. The predicted molar refractivity (Wildman–Crippen MR) is 139 cm³/mol. The average Bonchev–Trinajstić information content (AvgIpc) is 2.89. The molecule has 0 bridgehead atoms. The van der Waals surface area contributed by atoms with Gasteiger partial charge in [-0.2, -0.15) is 0 Å². The summed E-state index contributed by atoms with van der Waals surface area (Å²) in [5.74, 6) is 0.0773. The molecule has 0 aliphatic carbocycles. The second-order valence-electron chi connectivity index (χ2n) is 8.11. The fraction of sp³-hybridized carbons (Fsp3) is 0.200. The van der Waals surface area contributed by atoms with Gasteiger partial charge in [-0.15, -0.1) is 0 Å². The van der Waals surface area contributed by atoms with Gasteiger partial charge < -0.3 is 13.9 Å². The SMILES string of the molecule is CCOC(=O)c1cc(=O)c2cccc(C=Cc3ccc(OCCCCc4ccccc4)cc3)c2o1. The molecule has 5 heteroatoms. The number of ether oxygens (including phenoxy) is 2. The van der Waals surface area contributed by atoms with Crippen molar-refractivity contribution in [2.45, 2.75) is 26.2 Å². The third-order valence-electron chi connectivity index (χ3n) is 5.57. The predicted octanol–water partition coefficient (Wildman–Crippen LogP) is 6.54. The second kappa shape index (κ2) is 11.8. The van der Waals surface area contributed by atoms with Gasteiger partial charge in [0, 0.05) is 11.6 Å². The van der Waals surface area contributed by atoms with Crippen LogP contribution in [-0.2, 0) is 11.2 Å². The van der Waals surface area contributed by atoms with Crippen LogP contribution in [0, 0.1) is 0 Å². The van der Waals surface area contributed by atoms with E-state index in [1.165, 1.54) is 11.6 Å². The number of fused-ring (bicyclic) bond motifs is 1. The van der Waals surface area contributed by atoms with E-state index >= 15 is 0 Å². The van der Waals surface area contributed by atoms with E-state index in [-0.39, 0.29) is 17.8 Å². The smallest absolute Gasteiger partial charge is 0.374 e. The quantitative estimate of drug-likeness (QED) is 0.150. The first-order valence-corrected chi connectivity index (χ1v) is 11.8. The van der Waals surface area contributed by atoms with Gasteiger partial charge in [-0.1, -0.05) is 66.7 Å². The molecule has 1 heterocycles. The molecule has 0 aliphatic heterocycles. The number of esters is 1. The zero-order valence-corrected chi connectivity index (χ0v) is 19.7. The first kappa shape index (κ1) is 24.0. The van der Waals surface area contributed by atoms with Crippen LogP contribution in [0.4, 0.5) is 0 Å². The van der Waals surface area contributed by atoms with Crippen LogP contribution in [0.2, 0.25) is 0 Å². The molecule has 0 unspecified atom stereocenters. The van der Waals surface area contributed by atoms with Crippen molar-refractivity contribution in [2.24, 2.45) is 0 Å². The maximum absolute atomic E-state index is 12.5. The van der Waals surface area contributed by atoms with Crippen LogP contribution < -0.4 is 10.2 Å². The summed E-state index contributed by atoms with van der Waals surface area (Å²) in [6.07, 6.45) is 6.93. The summed E-state index contributed by atoms with van der Waals surface area (Å²) < 4.78 is 16.6. The van der Waals surface area contributed by atoms with Crippen molar-refractivity contribution < 1.29 is 18.7 Å². The summed E-state index contributed by atoms with van der Waals surface area (Å²) in [6, 6.07) is 24.8. The molecule has 0 saturated heterocycles. The molecule has 4 aromatic rings. The van der Waals surface area contributed by atoms with Gasteiger partial charge in [0.1, 0.15) is 11.3 Å². The van der Waals surface area contributed by atoms with Gasteiger partial charge in [0.05, 0.1) is 18.6 Å². The number of para-hydroxylation sites is 1. The van der Waals surface area contributed by atoms with Crippen molar-refractivity contribution in [2.75, 3.05) is 13.2 Å². The molecular weight excluding hydrogens is 440 g/mol. The lowest BCUT2D eigenvalue weighted by molar-refractivity contribution is 0.0490. The summed E-state index contributed by atoms with van der Waals surface area (Å²) in [5, 5.41) is 0.413. The van der Waals surface area contributed by atoms with E-state index in [0.717, 1.165) is 30.6 Å². The molecule has 0 N–H and O–H groups in total. The van der Waals surface area contributed by atoms with Gasteiger partial charge >= 0.3 is 5.97 Å². The van der Waals surface area contributed by atoms with Crippen molar-refractivity contribution >= 4 is 29.1 Å². The van der Waals surface area contributed by atoms with Crippen LogP contribution >= 0.6 is 0 Å². The van der Waals surface area contributed by atoms with Crippen LogP contribution in [0.3, 0.4) is 0 Å². The largest absolute Gasteiger partial charge is 0.494 e. The van der Waals surface area contributed by atoms with Gasteiger partial charge in [-0.25, -0.2) is 4.79 Å². The Morgan fingerprint density at radius 2 is 1.71 bits per heavy atom. The standard InChI is InChI=1S/C30H28O5/c1-2-33-30(32)28-21-27(31)26-13-8-12-24(29(26)35-28)17-14-23-15-18-25(19-16-23)34-20-7-6-11-22-9-4-3-5-10-22/h3-5,8-10,12-19,21H,2,6-7,11,20H2,1H3. The first-order chi connectivity index (χ1) is 17.1. The maximum atomic E-state index is 12.5. The summed E-state index contributed by atoms with van der Waals surface area (Å²) in [7, 11) is 0. The van der Waals surface area contributed by atoms with Crippen LogP contribution in [-0.4, -0.2) is 19.2 Å². The highest BCUT2D eigenvalue weighted by molar-refractivity contribution is 5.92. The molecular formula is C30H28O5. The summed E-state index contributed by atoms with van der Waals surface area (Å²) in [5.41, 5.74) is 3.10. The molecule has 0 fully saturated rings. The topological polar surface area (TPSA) is 65.7 Å². The molecule has 0 spiro atoms. The Balaban J connectivity index is 1.38. The highest BCUT2D eigenvalue weighted by atomic mass is 16.5. The Kier molecular flexibility index (Phi) is 8.12. The molecule has 3 aromatic carbocycles. The lowest BCUT2D eigenvalue weighted by Crippen LogP contribution is -2.10. The normalized spacial score (nSPS) is 11.1. The number of carbonyl (C=O) groups is 1. The number of benzene rings is 3. The molecule has 0 aliphatic rings. The minimum absolute atomic E-state index is 0.101. The van der Waals surface area contributed by atoms with E-state index in [9.17, 15) is 9.59 Å². The number of hydrogen-bond acceptors (Lipinski definition) is 5. The van der Waals surface area contributed by atoms with Crippen LogP contribution in [0.15, 0.2) is 88.1 Å². The zero-order chi connectivity index (χ0) is 24.5. The third kappa shape index (κ3) is 6.48. The molecule has 0 atom stereocenters. The summed E-state index contributed by atoms with van der Waals surface area (Å²) in [4.78, 5) is 24.5. The van der Waals surface area contributed by atoms with Gasteiger partial charge in [-0.3, -0.25) is 4.79 Å². The Morgan fingerprint density at radius 1 is 0.914 bits per heavy atom. The lowest BCUT2D eigenvalue weighted by Gasteiger charge is -2.07. The van der Waals surface area contributed by atoms with E-state index in [1.54, 1.807) is 19.1 Å². The third-order valence-corrected chi connectivity index (χ3v) is 5.57. The molecule has 0 saturated carbocycles. The monoisotopic (exact) mass is 468 g/mol. The van der Waals surface area contributed by atoms with Crippen molar-refractivity contribution in [1.29, 1.82) is 0 Å². The molecule has 178 valence electrons.